The number of hydrogen-bond acceptors (Lipinski definition) is 4. The molecule has 0 unspecified atom stereocenters. The number of anilines is 1. The fourth-order valence-electron chi connectivity index (χ4n) is 1.39. The van der Waals surface area contributed by atoms with E-state index in [0.717, 1.165) is 18.5 Å². The van der Waals surface area contributed by atoms with E-state index in [2.05, 4.69) is 4.98 Å². The van der Waals surface area contributed by atoms with E-state index in [1.165, 1.54) is 0 Å². The number of rotatable bonds is 4. The standard InChI is InChI=1S/C10H11F3N2O3S/c1-19(16,17)15-9-8(18-6-2-3-6)7(4-5-14-9)10(11,12)13/h4-6H,2-3H2,1H3,(H,14,15). The van der Waals surface area contributed by atoms with Crippen molar-refractivity contribution in [1.82, 2.24) is 4.98 Å². The Kier molecular flexibility index (Phi) is 3.33. The van der Waals surface area contributed by atoms with Crippen molar-refractivity contribution in [2.75, 3.05) is 11.0 Å². The summed E-state index contributed by atoms with van der Waals surface area (Å²) in [6.45, 7) is 0. The lowest BCUT2D eigenvalue weighted by molar-refractivity contribution is -0.139. The summed E-state index contributed by atoms with van der Waals surface area (Å²) >= 11 is 0. The summed E-state index contributed by atoms with van der Waals surface area (Å²) in [5.41, 5.74) is -1.04. The number of aromatic nitrogens is 1. The van der Waals surface area contributed by atoms with Gasteiger partial charge in [0.05, 0.1) is 12.4 Å². The maximum atomic E-state index is 12.8. The van der Waals surface area contributed by atoms with Crippen LogP contribution < -0.4 is 9.46 Å². The fraction of sp³-hybridized carbons (Fsp3) is 0.500. The van der Waals surface area contributed by atoms with E-state index in [-0.39, 0.29) is 6.10 Å². The molecule has 0 bridgehead atoms. The molecule has 0 amide bonds. The number of nitrogens with one attached hydrogen (secondary N) is 1. The van der Waals surface area contributed by atoms with E-state index in [1.807, 2.05) is 4.72 Å². The molecule has 1 aliphatic carbocycles. The van der Waals surface area contributed by atoms with Crippen molar-refractivity contribution in [3.63, 3.8) is 0 Å². The number of ether oxygens (including phenoxy) is 1. The molecule has 1 aliphatic rings. The van der Waals surface area contributed by atoms with Gasteiger partial charge in [-0.2, -0.15) is 13.2 Å². The average Bonchev–Trinajstić information content (AvgIpc) is 3.00. The molecule has 1 aromatic rings. The largest absolute Gasteiger partial charge is 0.486 e. The van der Waals surface area contributed by atoms with Gasteiger partial charge in [-0.05, 0) is 18.9 Å². The summed E-state index contributed by atoms with van der Waals surface area (Å²) in [5.74, 6) is -1.01. The molecule has 106 valence electrons. The normalized spacial score (nSPS) is 16.2. The molecule has 1 aromatic heterocycles. The molecule has 1 saturated carbocycles. The number of sulfonamides is 1. The van der Waals surface area contributed by atoms with Crippen LogP contribution in [0.15, 0.2) is 12.3 Å². The summed E-state index contributed by atoms with van der Waals surface area (Å²) in [6, 6.07) is 0.755. The van der Waals surface area contributed by atoms with Crippen molar-refractivity contribution in [1.29, 1.82) is 0 Å². The second-order valence-corrected chi connectivity index (χ2v) is 5.97. The van der Waals surface area contributed by atoms with E-state index in [1.54, 1.807) is 0 Å². The summed E-state index contributed by atoms with van der Waals surface area (Å²) in [6.07, 6.45) is -1.95. The zero-order valence-corrected chi connectivity index (χ0v) is 10.7. The molecule has 9 heteroatoms. The number of alkyl halides is 3. The molecule has 2 rings (SSSR count). The second-order valence-electron chi connectivity index (χ2n) is 4.23. The lowest BCUT2D eigenvalue weighted by Crippen LogP contribution is -2.16. The highest BCUT2D eigenvalue weighted by Gasteiger charge is 2.38. The molecule has 1 N–H and O–H groups in total. The van der Waals surface area contributed by atoms with E-state index in [4.69, 9.17) is 4.74 Å². The third-order valence-electron chi connectivity index (χ3n) is 2.30. The molecule has 0 radical (unpaired) electrons. The maximum absolute atomic E-state index is 12.8. The van der Waals surface area contributed by atoms with Crippen LogP contribution in [0.5, 0.6) is 5.75 Å². The SMILES string of the molecule is CS(=O)(=O)Nc1nccc(C(F)(F)F)c1OC1CC1. The van der Waals surface area contributed by atoms with Crippen LogP contribution in [0.1, 0.15) is 18.4 Å². The Balaban J connectivity index is 2.46. The van der Waals surface area contributed by atoms with Crippen LogP contribution in [0.2, 0.25) is 0 Å². The lowest BCUT2D eigenvalue weighted by atomic mass is 10.2. The Morgan fingerprint density at radius 2 is 2.05 bits per heavy atom. The molecule has 1 fully saturated rings. The van der Waals surface area contributed by atoms with Gasteiger partial charge in [0.2, 0.25) is 10.0 Å². The third-order valence-corrected chi connectivity index (χ3v) is 2.87. The van der Waals surface area contributed by atoms with E-state index < -0.39 is 33.3 Å². The van der Waals surface area contributed by atoms with Gasteiger partial charge in [0.1, 0.15) is 5.56 Å². The average molecular weight is 296 g/mol. The van der Waals surface area contributed by atoms with Crippen LogP contribution in [0, 0.1) is 0 Å². The Labute approximate surface area is 107 Å². The van der Waals surface area contributed by atoms with Gasteiger partial charge >= 0.3 is 6.18 Å². The predicted octanol–water partition coefficient (Wildman–Crippen LogP) is 2.01. The van der Waals surface area contributed by atoms with Gasteiger partial charge in [0.25, 0.3) is 0 Å². The first-order valence-electron chi connectivity index (χ1n) is 5.37. The zero-order chi connectivity index (χ0) is 14.3. The van der Waals surface area contributed by atoms with E-state index >= 15 is 0 Å². The highest BCUT2D eigenvalue weighted by molar-refractivity contribution is 7.92. The maximum Gasteiger partial charge on any atom is 0.420 e. The predicted molar refractivity (Wildman–Crippen MR) is 61.4 cm³/mol. The van der Waals surface area contributed by atoms with Crippen molar-refractivity contribution >= 4 is 15.8 Å². The van der Waals surface area contributed by atoms with Gasteiger partial charge in [0, 0.05) is 6.20 Å². The van der Waals surface area contributed by atoms with E-state index in [0.29, 0.717) is 12.8 Å². The monoisotopic (exact) mass is 296 g/mol. The van der Waals surface area contributed by atoms with Crippen molar-refractivity contribution in [2.24, 2.45) is 0 Å². The van der Waals surface area contributed by atoms with Crippen LogP contribution >= 0.6 is 0 Å². The quantitative estimate of drug-likeness (QED) is 0.923. The Hall–Kier alpha value is -1.51. The van der Waals surface area contributed by atoms with Crippen LogP contribution in [0.3, 0.4) is 0 Å². The number of nitrogens with zero attached hydrogens (tertiary/aromatic N) is 1. The molecule has 19 heavy (non-hydrogen) atoms. The van der Waals surface area contributed by atoms with Crippen LogP contribution in [0.4, 0.5) is 19.0 Å². The molecule has 1 heterocycles. The van der Waals surface area contributed by atoms with E-state index in [9.17, 15) is 21.6 Å². The molecular formula is C10H11F3N2O3S. The molecule has 0 aliphatic heterocycles. The minimum Gasteiger partial charge on any atom is -0.486 e. The summed E-state index contributed by atoms with van der Waals surface area (Å²) in [4.78, 5) is 3.60. The summed E-state index contributed by atoms with van der Waals surface area (Å²) < 4.78 is 67.9. The van der Waals surface area contributed by atoms with Crippen LogP contribution in [-0.2, 0) is 16.2 Å². The van der Waals surface area contributed by atoms with Crippen LogP contribution in [0.25, 0.3) is 0 Å². The minimum atomic E-state index is -4.64. The van der Waals surface area contributed by atoms with Crippen molar-refractivity contribution < 1.29 is 26.3 Å². The zero-order valence-electron chi connectivity index (χ0n) is 9.86. The molecule has 0 aromatic carbocycles. The van der Waals surface area contributed by atoms with Crippen molar-refractivity contribution in [3.8, 4) is 5.75 Å². The highest BCUT2D eigenvalue weighted by atomic mass is 32.2. The van der Waals surface area contributed by atoms with Gasteiger partial charge < -0.3 is 4.74 Å². The molecule has 0 atom stereocenters. The minimum absolute atomic E-state index is 0.314. The first-order chi connectivity index (χ1) is 8.67. The van der Waals surface area contributed by atoms with Crippen molar-refractivity contribution in [3.05, 3.63) is 17.8 Å². The Morgan fingerprint density at radius 3 is 2.53 bits per heavy atom. The fourth-order valence-corrected chi connectivity index (χ4v) is 1.89. The lowest BCUT2D eigenvalue weighted by Gasteiger charge is -2.16. The first kappa shape index (κ1) is 13.9. The summed E-state index contributed by atoms with van der Waals surface area (Å²) in [7, 11) is -3.74. The Bertz CT molecular complexity index is 582. The number of halogens is 3. The third kappa shape index (κ3) is 3.72. The smallest absolute Gasteiger partial charge is 0.420 e. The van der Waals surface area contributed by atoms with Crippen molar-refractivity contribution in [2.45, 2.75) is 25.1 Å². The van der Waals surface area contributed by atoms with Gasteiger partial charge in [0.15, 0.2) is 11.6 Å². The van der Waals surface area contributed by atoms with Crippen LogP contribution in [-0.4, -0.2) is 25.8 Å². The second kappa shape index (κ2) is 4.55. The highest BCUT2D eigenvalue weighted by Crippen LogP contribution is 2.42. The van der Waals surface area contributed by atoms with Gasteiger partial charge in [-0.25, -0.2) is 13.4 Å². The first-order valence-corrected chi connectivity index (χ1v) is 7.26. The van der Waals surface area contributed by atoms with Gasteiger partial charge in [-0.15, -0.1) is 0 Å². The number of hydrogen-bond donors (Lipinski definition) is 1. The topological polar surface area (TPSA) is 68.3 Å². The molecule has 0 spiro atoms. The number of pyridine rings is 1. The molecular weight excluding hydrogens is 285 g/mol. The van der Waals surface area contributed by atoms with Gasteiger partial charge in [-0.3, -0.25) is 4.72 Å². The van der Waals surface area contributed by atoms with Gasteiger partial charge in [-0.1, -0.05) is 0 Å². The summed E-state index contributed by atoms with van der Waals surface area (Å²) in [5, 5.41) is 0. The Morgan fingerprint density at radius 1 is 1.42 bits per heavy atom. The molecule has 0 saturated heterocycles. The molecule has 5 nitrogen and oxygen atoms in total.